The van der Waals surface area contributed by atoms with E-state index in [4.69, 9.17) is 4.74 Å². The molecule has 0 saturated carbocycles. The molecule has 23 heavy (non-hydrogen) atoms. The molecule has 0 aromatic heterocycles. The number of nitrogens with zero attached hydrogens (tertiary/aromatic N) is 1. The van der Waals surface area contributed by atoms with Gasteiger partial charge in [0, 0.05) is 12.7 Å². The molecule has 2 aromatic rings. The highest BCUT2D eigenvalue weighted by Crippen LogP contribution is 2.24. The van der Waals surface area contributed by atoms with E-state index in [1.807, 2.05) is 6.92 Å². The molecule has 4 nitrogen and oxygen atoms in total. The Balaban J connectivity index is 2.08. The quantitative estimate of drug-likeness (QED) is 0.885. The highest BCUT2D eigenvalue weighted by molar-refractivity contribution is 5.89. The lowest BCUT2D eigenvalue weighted by molar-refractivity contribution is 0.202. The van der Waals surface area contributed by atoms with E-state index >= 15 is 0 Å². The molecule has 0 aliphatic rings. The first-order chi connectivity index (χ1) is 11.0. The summed E-state index contributed by atoms with van der Waals surface area (Å²) in [6.45, 7) is 1.99. The Bertz CT molecular complexity index is 641. The highest BCUT2D eigenvalue weighted by Gasteiger charge is 2.20. The van der Waals surface area contributed by atoms with E-state index in [-0.39, 0.29) is 17.9 Å². The third kappa shape index (κ3) is 4.22. The zero-order valence-corrected chi connectivity index (χ0v) is 13.5. The molecule has 0 aliphatic heterocycles. The van der Waals surface area contributed by atoms with Gasteiger partial charge in [-0.05, 0) is 48.4 Å². The number of hydrogen-bond acceptors (Lipinski definition) is 2. The van der Waals surface area contributed by atoms with Crippen LogP contribution in [-0.2, 0) is 0 Å². The second-order valence-electron chi connectivity index (χ2n) is 5.25. The van der Waals surface area contributed by atoms with Crippen LogP contribution in [0.1, 0.15) is 24.9 Å². The molecule has 2 rings (SSSR count). The highest BCUT2D eigenvalue weighted by atomic mass is 19.1. The number of nitrogens with one attached hydrogen (secondary N) is 1. The second kappa shape index (κ2) is 7.63. The molecule has 2 amide bonds. The van der Waals surface area contributed by atoms with Gasteiger partial charge < -0.3 is 15.0 Å². The Morgan fingerprint density at radius 3 is 2.30 bits per heavy atom. The molecule has 0 radical (unpaired) electrons. The lowest BCUT2D eigenvalue weighted by atomic mass is 10.0. The number of anilines is 1. The molecular weight excluding hydrogens is 295 g/mol. The van der Waals surface area contributed by atoms with Crippen LogP contribution >= 0.6 is 0 Å². The Hall–Kier alpha value is -2.56. The minimum absolute atomic E-state index is 0.117. The molecule has 122 valence electrons. The van der Waals surface area contributed by atoms with Crippen molar-refractivity contribution in [3.63, 3.8) is 0 Å². The summed E-state index contributed by atoms with van der Waals surface area (Å²) in [5, 5.41) is 2.85. The molecule has 0 saturated heterocycles. The third-order valence-corrected chi connectivity index (χ3v) is 3.77. The Morgan fingerprint density at radius 1 is 1.17 bits per heavy atom. The number of urea groups is 1. The van der Waals surface area contributed by atoms with Crippen LogP contribution in [0.25, 0.3) is 0 Å². The summed E-state index contributed by atoms with van der Waals surface area (Å²) < 4.78 is 18.2. The molecule has 5 heteroatoms. The van der Waals surface area contributed by atoms with Crippen LogP contribution in [0.2, 0.25) is 0 Å². The number of benzene rings is 2. The first-order valence-electron chi connectivity index (χ1n) is 7.48. The van der Waals surface area contributed by atoms with E-state index in [1.165, 1.54) is 12.1 Å². The van der Waals surface area contributed by atoms with Gasteiger partial charge in [-0.1, -0.05) is 19.1 Å². The number of rotatable bonds is 5. The van der Waals surface area contributed by atoms with E-state index in [9.17, 15) is 9.18 Å². The lowest BCUT2D eigenvalue weighted by Gasteiger charge is -2.28. The number of amides is 2. The third-order valence-electron chi connectivity index (χ3n) is 3.77. The predicted octanol–water partition coefficient (Wildman–Crippen LogP) is 4.45. The molecular formula is C18H21FN2O2. The van der Waals surface area contributed by atoms with E-state index in [2.05, 4.69) is 5.32 Å². The topological polar surface area (TPSA) is 41.6 Å². The van der Waals surface area contributed by atoms with Gasteiger partial charge in [0.15, 0.2) is 0 Å². The van der Waals surface area contributed by atoms with Gasteiger partial charge in [-0.25, -0.2) is 9.18 Å². The fraction of sp³-hybridized carbons (Fsp3) is 0.278. The molecule has 0 aliphatic carbocycles. The van der Waals surface area contributed by atoms with Gasteiger partial charge in [0.05, 0.1) is 13.2 Å². The van der Waals surface area contributed by atoms with E-state index < -0.39 is 0 Å². The zero-order chi connectivity index (χ0) is 16.8. The van der Waals surface area contributed by atoms with Gasteiger partial charge in [0.2, 0.25) is 0 Å². The monoisotopic (exact) mass is 316 g/mol. The van der Waals surface area contributed by atoms with Gasteiger partial charge in [-0.15, -0.1) is 0 Å². The van der Waals surface area contributed by atoms with Crippen LogP contribution in [0.15, 0.2) is 48.5 Å². The van der Waals surface area contributed by atoms with Crippen LogP contribution in [0.3, 0.4) is 0 Å². The van der Waals surface area contributed by atoms with Gasteiger partial charge in [0.1, 0.15) is 11.6 Å². The SMILES string of the molecule is CCC(c1ccc(F)cc1)N(C)C(=O)Nc1ccc(OC)cc1. The van der Waals surface area contributed by atoms with Crippen molar-refractivity contribution < 1.29 is 13.9 Å². The van der Waals surface area contributed by atoms with E-state index in [0.717, 1.165) is 17.7 Å². The number of hydrogen-bond donors (Lipinski definition) is 1. The van der Waals surface area contributed by atoms with Gasteiger partial charge >= 0.3 is 6.03 Å². The zero-order valence-electron chi connectivity index (χ0n) is 13.5. The average molecular weight is 316 g/mol. The minimum Gasteiger partial charge on any atom is -0.497 e. The number of carbonyl (C=O) groups is 1. The maximum Gasteiger partial charge on any atom is 0.322 e. The second-order valence-corrected chi connectivity index (χ2v) is 5.25. The summed E-state index contributed by atoms with van der Waals surface area (Å²) in [6, 6.07) is 13.0. The van der Waals surface area contributed by atoms with Crippen molar-refractivity contribution in [2.75, 3.05) is 19.5 Å². The summed E-state index contributed by atoms with van der Waals surface area (Å²) in [5.41, 5.74) is 1.60. The summed E-state index contributed by atoms with van der Waals surface area (Å²) in [7, 11) is 3.33. The number of methoxy groups -OCH3 is 1. The summed E-state index contributed by atoms with van der Waals surface area (Å²) in [6.07, 6.45) is 0.734. The average Bonchev–Trinajstić information content (AvgIpc) is 2.57. The Kier molecular flexibility index (Phi) is 5.57. The van der Waals surface area contributed by atoms with Gasteiger partial charge in [-0.2, -0.15) is 0 Å². The lowest BCUT2D eigenvalue weighted by Crippen LogP contribution is -2.34. The number of carbonyl (C=O) groups excluding carboxylic acids is 1. The Labute approximate surface area is 135 Å². The van der Waals surface area contributed by atoms with Crippen molar-refractivity contribution in [1.29, 1.82) is 0 Å². The summed E-state index contributed by atoms with van der Waals surface area (Å²) in [4.78, 5) is 14.0. The van der Waals surface area contributed by atoms with Crippen LogP contribution in [0.5, 0.6) is 5.75 Å². The van der Waals surface area contributed by atoms with Crippen molar-refractivity contribution in [2.24, 2.45) is 0 Å². The van der Waals surface area contributed by atoms with Crippen LogP contribution in [0.4, 0.5) is 14.9 Å². The van der Waals surface area contributed by atoms with E-state index in [1.54, 1.807) is 55.5 Å². The summed E-state index contributed by atoms with van der Waals surface area (Å²) in [5.74, 6) is 0.447. The van der Waals surface area contributed by atoms with E-state index in [0.29, 0.717) is 5.69 Å². The summed E-state index contributed by atoms with van der Waals surface area (Å²) >= 11 is 0. The van der Waals surface area contributed by atoms with Crippen molar-refractivity contribution >= 4 is 11.7 Å². The van der Waals surface area contributed by atoms with Gasteiger partial charge in [0.25, 0.3) is 0 Å². The Morgan fingerprint density at radius 2 is 1.78 bits per heavy atom. The molecule has 0 spiro atoms. The maximum atomic E-state index is 13.1. The standard InChI is InChI=1S/C18H21FN2O2/c1-4-17(13-5-7-14(19)8-6-13)21(2)18(22)20-15-9-11-16(23-3)12-10-15/h5-12,17H,4H2,1-3H3,(H,20,22). The molecule has 1 N–H and O–H groups in total. The largest absolute Gasteiger partial charge is 0.497 e. The van der Waals surface area contributed by atoms with Crippen LogP contribution in [0, 0.1) is 5.82 Å². The van der Waals surface area contributed by atoms with Crippen LogP contribution < -0.4 is 10.1 Å². The minimum atomic E-state index is -0.283. The van der Waals surface area contributed by atoms with Crippen molar-refractivity contribution in [3.8, 4) is 5.75 Å². The molecule has 0 fully saturated rings. The number of ether oxygens (including phenoxy) is 1. The molecule has 1 unspecified atom stereocenters. The van der Waals surface area contributed by atoms with Gasteiger partial charge in [-0.3, -0.25) is 0 Å². The molecule has 2 aromatic carbocycles. The fourth-order valence-electron chi connectivity index (χ4n) is 2.45. The maximum absolute atomic E-state index is 13.1. The molecule has 1 atom stereocenters. The van der Waals surface area contributed by atoms with Crippen molar-refractivity contribution in [2.45, 2.75) is 19.4 Å². The first kappa shape index (κ1) is 16.8. The smallest absolute Gasteiger partial charge is 0.322 e. The normalized spacial score (nSPS) is 11.7. The fourth-order valence-corrected chi connectivity index (χ4v) is 2.45. The first-order valence-corrected chi connectivity index (χ1v) is 7.48. The predicted molar refractivity (Wildman–Crippen MR) is 89.2 cm³/mol. The number of halogens is 1. The molecule has 0 bridgehead atoms. The van der Waals surface area contributed by atoms with Crippen LogP contribution in [-0.4, -0.2) is 25.1 Å². The van der Waals surface area contributed by atoms with Crippen molar-refractivity contribution in [3.05, 3.63) is 59.9 Å². The molecule has 0 heterocycles. The van der Waals surface area contributed by atoms with Crippen molar-refractivity contribution in [1.82, 2.24) is 4.90 Å².